The van der Waals surface area contributed by atoms with Crippen LogP contribution in [0.5, 0.6) is 11.5 Å². The molecule has 0 saturated heterocycles. The molecular weight excluding hydrogens is 813 g/mol. The highest BCUT2D eigenvalue weighted by molar-refractivity contribution is 7.93. The number of fused-ring (bicyclic) bond motifs is 2. The SMILES string of the molecule is Cc1cc(S(=O)(=O)Nc2cccc3c(O)ccc(S(=O)(=O)O)c23)ccc1NC(=O)Nc1ccc(S(=O)(=O)Nc2cccc3c(O)ccc(S(=O)(=O)O)c23)cc1C. The first-order chi connectivity index (χ1) is 26.1. The van der Waals surface area contributed by atoms with E-state index in [1.165, 1.54) is 86.6 Å². The lowest BCUT2D eigenvalue weighted by molar-refractivity contribution is 0.262. The van der Waals surface area contributed by atoms with Gasteiger partial charge in [-0.2, -0.15) is 16.8 Å². The number of nitrogens with one attached hydrogen (secondary N) is 4. The Bertz CT molecular complexity index is 2880. The molecule has 21 heteroatoms. The molecule has 0 heterocycles. The summed E-state index contributed by atoms with van der Waals surface area (Å²) in [7, 11) is -18.4. The maximum Gasteiger partial charge on any atom is 0.323 e. The average molecular weight is 843 g/mol. The van der Waals surface area contributed by atoms with Gasteiger partial charge in [-0.25, -0.2) is 21.6 Å². The van der Waals surface area contributed by atoms with E-state index >= 15 is 0 Å². The Morgan fingerprint density at radius 1 is 0.500 bits per heavy atom. The van der Waals surface area contributed by atoms with E-state index in [9.17, 15) is 57.8 Å². The summed E-state index contributed by atoms with van der Waals surface area (Å²) in [6.45, 7) is 3.02. The molecule has 0 atom stereocenters. The van der Waals surface area contributed by atoms with Crippen molar-refractivity contribution < 1.29 is 57.8 Å². The first kappa shape index (κ1) is 39.7. The van der Waals surface area contributed by atoms with Crippen LogP contribution in [0.4, 0.5) is 27.5 Å². The monoisotopic (exact) mass is 842 g/mol. The van der Waals surface area contributed by atoms with E-state index in [1.807, 2.05) is 0 Å². The van der Waals surface area contributed by atoms with Gasteiger partial charge in [-0.3, -0.25) is 18.5 Å². The summed E-state index contributed by atoms with van der Waals surface area (Å²) < 4.78 is 126. The van der Waals surface area contributed by atoms with Crippen molar-refractivity contribution in [2.75, 3.05) is 20.1 Å². The number of hydrogen-bond acceptors (Lipinski definition) is 11. The summed E-state index contributed by atoms with van der Waals surface area (Å²) in [6.07, 6.45) is 0. The molecule has 6 rings (SSSR count). The maximum atomic E-state index is 13.4. The molecule has 0 aliphatic carbocycles. The van der Waals surface area contributed by atoms with Crippen LogP contribution in [0.1, 0.15) is 11.1 Å². The molecule has 6 aromatic rings. The van der Waals surface area contributed by atoms with Gasteiger partial charge in [-0.1, -0.05) is 24.3 Å². The second-order valence-electron chi connectivity index (χ2n) is 12.3. The van der Waals surface area contributed by atoms with Crippen LogP contribution in [0.2, 0.25) is 0 Å². The Morgan fingerprint density at radius 3 is 1.21 bits per heavy atom. The fourth-order valence-electron chi connectivity index (χ4n) is 5.89. The van der Waals surface area contributed by atoms with Crippen LogP contribution in [0.3, 0.4) is 0 Å². The van der Waals surface area contributed by atoms with Crippen molar-refractivity contribution in [1.29, 1.82) is 0 Å². The van der Waals surface area contributed by atoms with Crippen molar-refractivity contribution >= 4 is 90.6 Å². The molecule has 0 fully saturated rings. The molecule has 0 radical (unpaired) electrons. The highest BCUT2D eigenvalue weighted by atomic mass is 32.2. The van der Waals surface area contributed by atoms with Crippen molar-refractivity contribution in [2.24, 2.45) is 0 Å². The first-order valence-corrected chi connectivity index (χ1v) is 21.7. The van der Waals surface area contributed by atoms with Crippen molar-refractivity contribution in [3.8, 4) is 11.5 Å². The number of amides is 2. The zero-order valence-electron chi connectivity index (χ0n) is 28.8. The van der Waals surface area contributed by atoms with Gasteiger partial charge in [0.2, 0.25) is 0 Å². The quantitative estimate of drug-likeness (QED) is 0.0763. The maximum absolute atomic E-state index is 13.4. The highest BCUT2D eigenvalue weighted by Crippen LogP contribution is 2.38. The zero-order chi connectivity index (χ0) is 41.0. The molecule has 0 aromatic heterocycles. The topological polar surface area (TPSA) is 283 Å². The van der Waals surface area contributed by atoms with E-state index in [-0.39, 0.29) is 65.6 Å². The molecule has 0 aliphatic heterocycles. The third kappa shape index (κ3) is 7.89. The zero-order valence-corrected chi connectivity index (χ0v) is 32.1. The lowest BCUT2D eigenvalue weighted by atomic mass is 10.1. The second kappa shape index (κ2) is 14.3. The number of phenols is 2. The molecule has 0 bridgehead atoms. The number of aryl methyl sites for hydroxylation is 2. The van der Waals surface area contributed by atoms with E-state index in [0.717, 1.165) is 24.3 Å². The summed E-state index contributed by atoms with van der Waals surface area (Å²) >= 11 is 0. The fourth-order valence-corrected chi connectivity index (χ4v) is 9.64. The van der Waals surface area contributed by atoms with Crippen molar-refractivity contribution in [1.82, 2.24) is 0 Å². The van der Waals surface area contributed by atoms with Gasteiger partial charge in [0.15, 0.2) is 0 Å². The second-order valence-corrected chi connectivity index (χ2v) is 18.5. The molecule has 292 valence electrons. The van der Waals surface area contributed by atoms with E-state index in [1.54, 1.807) is 0 Å². The van der Waals surface area contributed by atoms with Crippen molar-refractivity contribution in [3.63, 3.8) is 0 Å². The number of benzene rings is 6. The fraction of sp³-hybridized carbons (Fsp3) is 0.0571. The number of carbonyl (C=O) groups excluding carboxylic acids is 1. The highest BCUT2D eigenvalue weighted by Gasteiger charge is 2.25. The summed E-state index contributed by atoms with van der Waals surface area (Å²) in [5.74, 6) is -0.713. The standard InChI is InChI=1S/C35H30N4O13S4/c1-19-17-21(53(43,44)38-27-7-3-5-23-29(40)13-15-31(33(23)27)55(47,48)49)9-11-25(19)36-35(42)37-26-12-10-22(18-20(26)2)54(45,46)39-28-8-4-6-24-30(41)14-16-32(34(24)28)56(50,51)52/h3-18,38-41H,1-2H3,(H2,36,37,42)(H,47,48,49)(H,50,51,52). The molecule has 0 aliphatic rings. The van der Waals surface area contributed by atoms with E-state index in [0.29, 0.717) is 11.1 Å². The number of carbonyl (C=O) groups is 1. The molecule has 2 amide bonds. The molecule has 6 aromatic carbocycles. The molecule has 0 unspecified atom stereocenters. The molecule has 17 nitrogen and oxygen atoms in total. The van der Waals surface area contributed by atoms with E-state index in [4.69, 9.17) is 0 Å². The van der Waals surface area contributed by atoms with E-state index in [2.05, 4.69) is 20.1 Å². The summed E-state index contributed by atoms with van der Waals surface area (Å²) in [4.78, 5) is 11.2. The Morgan fingerprint density at radius 2 is 0.875 bits per heavy atom. The summed E-state index contributed by atoms with van der Waals surface area (Å²) in [6, 6.07) is 18.5. The normalized spacial score (nSPS) is 12.4. The minimum atomic E-state index is -4.82. The van der Waals surface area contributed by atoms with Crippen LogP contribution in [0.25, 0.3) is 21.5 Å². The van der Waals surface area contributed by atoms with Crippen LogP contribution in [-0.4, -0.2) is 59.0 Å². The van der Waals surface area contributed by atoms with Gasteiger partial charge in [0.05, 0.1) is 21.2 Å². The Balaban J connectivity index is 1.19. The number of urea groups is 1. The third-order valence-corrected chi connectivity index (χ3v) is 13.0. The molecule has 56 heavy (non-hydrogen) atoms. The van der Waals surface area contributed by atoms with Gasteiger partial charge in [-0.15, -0.1) is 0 Å². The largest absolute Gasteiger partial charge is 0.507 e. The number of hydrogen-bond donors (Lipinski definition) is 8. The smallest absolute Gasteiger partial charge is 0.323 e. The summed E-state index contributed by atoms with van der Waals surface area (Å²) in [5.41, 5.74) is 0.486. The molecule has 8 N–H and O–H groups in total. The minimum absolute atomic E-state index is 0.0371. The van der Waals surface area contributed by atoms with E-state index < -0.39 is 56.1 Å². The van der Waals surface area contributed by atoms with Gasteiger partial charge in [0.1, 0.15) is 21.3 Å². The van der Waals surface area contributed by atoms with Crippen LogP contribution in [0.15, 0.2) is 117 Å². The van der Waals surface area contributed by atoms with Gasteiger partial charge < -0.3 is 20.8 Å². The number of rotatable bonds is 10. The van der Waals surface area contributed by atoms with Crippen LogP contribution in [-0.2, 0) is 40.3 Å². The lowest BCUT2D eigenvalue weighted by Crippen LogP contribution is -2.21. The average Bonchev–Trinajstić information content (AvgIpc) is 3.09. The molecular formula is C35H30N4O13S4. The van der Waals surface area contributed by atoms with Gasteiger partial charge >= 0.3 is 6.03 Å². The number of aromatic hydroxyl groups is 2. The van der Waals surface area contributed by atoms with Crippen LogP contribution >= 0.6 is 0 Å². The van der Waals surface area contributed by atoms with Crippen molar-refractivity contribution in [2.45, 2.75) is 33.4 Å². The molecule has 0 saturated carbocycles. The van der Waals surface area contributed by atoms with Crippen LogP contribution < -0.4 is 20.1 Å². The number of anilines is 4. The predicted molar refractivity (Wildman–Crippen MR) is 207 cm³/mol. The third-order valence-electron chi connectivity index (χ3n) is 8.52. The minimum Gasteiger partial charge on any atom is -0.507 e. The van der Waals surface area contributed by atoms with Crippen LogP contribution in [0, 0.1) is 13.8 Å². The predicted octanol–water partition coefficient (Wildman–Crippen LogP) is 5.76. The number of sulfonamides is 2. The van der Waals surface area contributed by atoms with Gasteiger partial charge in [0.25, 0.3) is 40.3 Å². The van der Waals surface area contributed by atoms with Gasteiger partial charge in [-0.05, 0) is 97.8 Å². The lowest BCUT2D eigenvalue weighted by Gasteiger charge is -2.16. The Hall–Kier alpha value is -5.97. The Kier molecular flexibility index (Phi) is 10.1. The van der Waals surface area contributed by atoms with Crippen molar-refractivity contribution in [3.05, 3.63) is 108 Å². The first-order valence-electron chi connectivity index (χ1n) is 15.9. The Labute approximate surface area is 320 Å². The molecule has 0 spiro atoms. The number of phenolic OH excluding ortho intramolecular Hbond substituents is 2. The van der Waals surface area contributed by atoms with Gasteiger partial charge in [0, 0.05) is 32.9 Å². The summed E-state index contributed by atoms with van der Waals surface area (Å²) in [5, 5.41) is 25.1.